The van der Waals surface area contributed by atoms with Crippen LogP contribution in [0.15, 0.2) is 47.4 Å². The predicted molar refractivity (Wildman–Crippen MR) is 82.3 cm³/mol. The average Bonchev–Trinajstić information content (AvgIpc) is 2.49. The summed E-state index contributed by atoms with van der Waals surface area (Å²) >= 11 is 0. The van der Waals surface area contributed by atoms with Gasteiger partial charge in [0.1, 0.15) is 5.82 Å². The molecule has 1 N–H and O–H groups in total. The first-order valence-electron chi connectivity index (χ1n) is 6.75. The lowest BCUT2D eigenvalue weighted by Gasteiger charge is -2.11. The van der Waals surface area contributed by atoms with Gasteiger partial charge in [-0.2, -0.15) is 0 Å². The first-order chi connectivity index (χ1) is 10.4. The Hall–Kier alpha value is -1.76. The van der Waals surface area contributed by atoms with Crippen LogP contribution in [0.3, 0.4) is 0 Å². The standard InChI is InChI=1S/C16H18FNO3S/c1-12-7-8-15(9-16(12)17)22(19,20)18-10-13-5-3-4-6-14(13)11-21-2/h3-9,18H,10-11H2,1-2H3. The summed E-state index contributed by atoms with van der Waals surface area (Å²) in [7, 11) is -2.18. The molecule has 0 spiro atoms. The highest BCUT2D eigenvalue weighted by Gasteiger charge is 2.16. The predicted octanol–water partition coefficient (Wildman–Crippen LogP) is 2.76. The van der Waals surface area contributed by atoms with Gasteiger partial charge in [0.05, 0.1) is 11.5 Å². The molecule has 0 fully saturated rings. The largest absolute Gasteiger partial charge is 0.380 e. The van der Waals surface area contributed by atoms with Crippen LogP contribution in [-0.2, 0) is 27.9 Å². The van der Waals surface area contributed by atoms with Crippen molar-refractivity contribution in [2.75, 3.05) is 7.11 Å². The zero-order valence-electron chi connectivity index (χ0n) is 12.5. The zero-order valence-corrected chi connectivity index (χ0v) is 13.3. The van der Waals surface area contributed by atoms with Crippen LogP contribution in [0.5, 0.6) is 0 Å². The van der Waals surface area contributed by atoms with Gasteiger partial charge in [0, 0.05) is 13.7 Å². The molecule has 0 radical (unpaired) electrons. The number of nitrogens with one attached hydrogen (secondary N) is 1. The van der Waals surface area contributed by atoms with Crippen LogP contribution in [0.4, 0.5) is 4.39 Å². The molecule has 0 unspecified atom stereocenters. The van der Waals surface area contributed by atoms with Gasteiger partial charge in [-0.25, -0.2) is 17.5 Å². The maximum atomic E-state index is 13.5. The Kier molecular flexibility index (Phi) is 5.28. The van der Waals surface area contributed by atoms with Gasteiger partial charge in [-0.1, -0.05) is 30.3 Å². The second-order valence-corrected chi connectivity index (χ2v) is 6.70. The molecule has 4 nitrogen and oxygen atoms in total. The lowest BCUT2D eigenvalue weighted by molar-refractivity contribution is 0.184. The van der Waals surface area contributed by atoms with Gasteiger partial charge in [-0.3, -0.25) is 0 Å². The molecule has 0 heterocycles. The number of sulfonamides is 1. The topological polar surface area (TPSA) is 55.4 Å². The van der Waals surface area contributed by atoms with Crippen molar-refractivity contribution in [3.05, 3.63) is 65.0 Å². The van der Waals surface area contributed by atoms with E-state index in [0.29, 0.717) is 12.2 Å². The molecule has 0 aliphatic heterocycles. The molecule has 0 aliphatic rings. The third kappa shape index (κ3) is 3.91. The summed E-state index contributed by atoms with van der Waals surface area (Å²) in [4.78, 5) is -0.0835. The van der Waals surface area contributed by atoms with Gasteiger partial charge in [-0.05, 0) is 35.7 Å². The lowest BCUT2D eigenvalue weighted by Crippen LogP contribution is -2.24. The monoisotopic (exact) mass is 323 g/mol. The summed E-state index contributed by atoms with van der Waals surface area (Å²) < 4.78 is 45.6. The molecule has 0 atom stereocenters. The molecule has 0 aromatic heterocycles. The minimum atomic E-state index is -3.76. The maximum Gasteiger partial charge on any atom is 0.240 e. The number of ether oxygens (including phenoxy) is 1. The van der Waals surface area contributed by atoms with E-state index in [2.05, 4.69) is 4.72 Å². The summed E-state index contributed by atoms with van der Waals surface area (Å²) in [5.74, 6) is -0.539. The Labute approximate surface area is 130 Å². The number of methoxy groups -OCH3 is 1. The fraction of sp³-hybridized carbons (Fsp3) is 0.250. The molecule has 0 amide bonds. The van der Waals surface area contributed by atoms with E-state index in [1.165, 1.54) is 12.1 Å². The number of hydrogen-bond acceptors (Lipinski definition) is 3. The molecule has 2 rings (SSSR count). The molecular formula is C16H18FNO3S. The average molecular weight is 323 g/mol. The smallest absolute Gasteiger partial charge is 0.240 e. The van der Waals surface area contributed by atoms with E-state index < -0.39 is 15.8 Å². The number of hydrogen-bond donors (Lipinski definition) is 1. The minimum Gasteiger partial charge on any atom is -0.380 e. The summed E-state index contributed by atoms with van der Waals surface area (Å²) in [6.45, 7) is 2.11. The van der Waals surface area contributed by atoms with Crippen molar-refractivity contribution in [3.8, 4) is 0 Å². The molecule has 0 bridgehead atoms. The highest BCUT2D eigenvalue weighted by molar-refractivity contribution is 7.89. The molecule has 22 heavy (non-hydrogen) atoms. The van der Waals surface area contributed by atoms with E-state index in [1.54, 1.807) is 14.0 Å². The molecule has 118 valence electrons. The van der Waals surface area contributed by atoms with Gasteiger partial charge in [0.2, 0.25) is 10.0 Å². The van der Waals surface area contributed by atoms with Gasteiger partial charge in [-0.15, -0.1) is 0 Å². The third-order valence-electron chi connectivity index (χ3n) is 3.32. The zero-order chi connectivity index (χ0) is 16.2. The van der Waals surface area contributed by atoms with Gasteiger partial charge >= 0.3 is 0 Å². The fourth-order valence-corrected chi connectivity index (χ4v) is 3.04. The van der Waals surface area contributed by atoms with E-state index in [9.17, 15) is 12.8 Å². The van der Waals surface area contributed by atoms with E-state index in [-0.39, 0.29) is 11.4 Å². The lowest BCUT2D eigenvalue weighted by atomic mass is 10.1. The highest BCUT2D eigenvalue weighted by atomic mass is 32.2. The first kappa shape index (κ1) is 16.6. The van der Waals surface area contributed by atoms with Crippen LogP contribution < -0.4 is 4.72 Å². The Morgan fingerprint density at radius 1 is 1.14 bits per heavy atom. The molecule has 0 saturated heterocycles. The number of rotatable bonds is 6. The summed E-state index contributed by atoms with van der Waals surface area (Å²) in [5.41, 5.74) is 2.13. The SMILES string of the molecule is COCc1ccccc1CNS(=O)(=O)c1ccc(C)c(F)c1. The van der Waals surface area contributed by atoms with Crippen LogP contribution in [0.2, 0.25) is 0 Å². The van der Waals surface area contributed by atoms with Crippen molar-refractivity contribution in [1.82, 2.24) is 4.72 Å². The molecule has 6 heteroatoms. The van der Waals surface area contributed by atoms with E-state index in [4.69, 9.17) is 4.74 Å². The molecule has 0 aliphatic carbocycles. The molecule has 2 aromatic rings. The Bertz CT molecular complexity index is 760. The molecule has 0 saturated carbocycles. The van der Waals surface area contributed by atoms with Crippen molar-refractivity contribution in [1.29, 1.82) is 0 Å². The van der Waals surface area contributed by atoms with E-state index in [0.717, 1.165) is 17.2 Å². The second kappa shape index (κ2) is 7.00. The summed E-state index contributed by atoms with van der Waals surface area (Å²) in [6.07, 6.45) is 0. The van der Waals surface area contributed by atoms with Crippen LogP contribution in [0.25, 0.3) is 0 Å². The quantitative estimate of drug-likeness (QED) is 0.889. The molecule has 2 aromatic carbocycles. The second-order valence-electron chi connectivity index (χ2n) is 4.94. The van der Waals surface area contributed by atoms with Gasteiger partial charge in [0.25, 0.3) is 0 Å². The minimum absolute atomic E-state index is 0.0835. The van der Waals surface area contributed by atoms with Crippen LogP contribution in [0, 0.1) is 12.7 Å². The normalized spacial score (nSPS) is 11.6. The number of aryl methyl sites for hydroxylation is 1. The fourth-order valence-electron chi connectivity index (χ4n) is 2.02. The van der Waals surface area contributed by atoms with Crippen LogP contribution in [-0.4, -0.2) is 15.5 Å². The van der Waals surface area contributed by atoms with Crippen LogP contribution in [0.1, 0.15) is 16.7 Å². The molecular weight excluding hydrogens is 305 g/mol. The van der Waals surface area contributed by atoms with E-state index in [1.807, 2.05) is 24.3 Å². The van der Waals surface area contributed by atoms with Crippen molar-refractivity contribution < 1.29 is 17.5 Å². The van der Waals surface area contributed by atoms with Crippen molar-refractivity contribution >= 4 is 10.0 Å². The van der Waals surface area contributed by atoms with Gasteiger partial charge in [0.15, 0.2) is 0 Å². The number of halogens is 1. The highest BCUT2D eigenvalue weighted by Crippen LogP contribution is 2.15. The van der Waals surface area contributed by atoms with E-state index >= 15 is 0 Å². The third-order valence-corrected chi connectivity index (χ3v) is 4.72. The summed E-state index contributed by atoms with van der Waals surface area (Å²) in [5, 5.41) is 0. The Morgan fingerprint density at radius 2 is 1.82 bits per heavy atom. The van der Waals surface area contributed by atoms with Crippen molar-refractivity contribution in [2.24, 2.45) is 0 Å². The van der Waals surface area contributed by atoms with Crippen LogP contribution >= 0.6 is 0 Å². The maximum absolute atomic E-state index is 13.5. The Balaban J connectivity index is 2.18. The van der Waals surface area contributed by atoms with Crippen molar-refractivity contribution in [3.63, 3.8) is 0 Å². The van der Waals surface area contributed by atoms with Crippen molar-refractivity contribution in [2.45, 2.75) is 25.0 Å². The summed E-state index contributed by atoms with van der Waals surface area (Å²) in [6, 6.07) is 11.3. The Morgan fingerprint density at radius 3 is 2.45 bits per heavy atom. The van der Waals surface area contributed by atoms with Gasteiger partial charge < -0.3 is 4.74 Å². The first-order valence-corrected chi connectivity index (χ1v) is 8.24. The number of benzene rings is 2.